The molecule has 1 saturated carbocycles. The Kier molecular flexibility index (Phi) is 7.06. The summed E-state index contributed by atoms with van der Waals surface area (Å²) in [6, 6.07) is 0.837. The van der Waals surface area contributed by atoms with E-state index in [-0.39, 0.29) is 0 Å². The first-order chi connectivity index (χ1) is 6.93. The van der Waals surface area contributed by atoms with Crippen molar-refractivity contribution in [3.8, 4) is 0 Å². The van der Waals surface area contributed by atoms with Crippen LogP contribution >= 0.6 is 0 Å². The Morgan fingerprint density at radius 1 is 0.857 bits per heavy atom. The van der Waals surface area contributed by atoms with Gasteiger partial charge in [-0.25, -0.2) is 0 Å². The van der Waals surface area contributed by atoms with Crippen molar-refractivity contribution in [2.24, 2.45) is 0 Å². The average Bonchev–Trinajstić information content (AvgIpc) is 2.33. The molecule has 14 heavy (non-hydrogen) atoms. The van der Waals surface area contributed by atoms with Gasteiger partial charge in [-0.15, -0.1) is 0 Å². The van der Waals surface area contributed by atoms with Crippen molar-refractivity contribution in [2.45, 2.75) is 57.4 Å². The van der Waals surface area contributed by atoms with Crippen LogP contribution in [0.2, 0.25) is 0 Å². The summed E-state index contributed by atoms with van der Waals surface area (Å²) in [6.45, 7) is 2.50. The molecular formula is C12H26N2. The lowest BCUT2D eigenvalue weighted by Crippen LogP contribution is -2.26. The lowest BCUT2D eigenvalue weighted by atomic mass is 9.96. The van der Waals surface area contributed by atoms with Crippen LogP contribution in [0.4, 0.5) is 0 Å². The number of hydrogen-bond acceptors (Lipinski definition) is 2. The Balaban J connectivity index is 0.000000146. The van der Waals surface area contributed by atoms with Crippen LogP contribution in [0.3, 0.4) is 0 Å². The molecule has 2 rings (SSSR count). The third-order valence-corrected chi connectivity index (χ3v) is 3.22. The standard InChI is InChI=1S/C7H15N.C5H11N/c1-8-7-5-3-2-4-6-7;1-2-4-6-5-3-1/h7-8H,2-6H2,1H3;6H,1-5H2. The molecule has 1 heterocycles. The fraction of sp³-hybridized carbons (Fsp3) is 1.00. The number of piperidine rings is 1. The van der Waals surface area contributed by atoms with E-state index in [0.29, 0.717) is 0 Å². The maximum absolute atomic E-state index is 3.30. The summed E-state index contributed by atoms with van der Waals surface area (Å²) in [5, 5.41) is 6.59. The van der Waals surface area contributed by atoms with Crippen LogP contribution in [-0.2, 0) is 0 Å². The Morgan fingerprint density at radius 2 is 1.43 bits per heavy atom. The molecule has 0 unspecified atom stereocenters. The Morgan fingerprint density at radius 3 is 1.71 bits per heavy atom. The highest BCUT2D eigenvalue weighted by molar-refractivity contribution is 4.68. The van der Waals surface area contributed by atoms with Gasteiger partial charge >= 0.3 is 0 Å². The predicted molar refractivity (Wildman–Crippen MR) is 62.7 cm³/mol. The normalized spacial score (nSPS) is 23.8. The lowest BCUT2D eigenvalue weighted by Gasteiger charge is -2.20. The van der Waals surface area contributed by atoms with Crippen LogP contribution in [0.15, 0.2) is 0 Å². The van der Waals surface area contributed by atoms with Gasteiger partial charge in [0.25, 0.3) is 0 Å². The summed E-state index contributed by atoms with van der Waals surface area (Å²) in [7, 11) is 2.07. The van der Waals surface area contributed by atoms with Crippen molar-refractivity contribution in [3.05, 3.63) is 0 Å². The van der Waals surface area contributed by atoms with Crippen molar-refractivity contribution in [1.82, 2.24) is 10.6 Å². The van der Waals surface area contributed by atoms with E-state index in [2.05, 4.69) is 17.7 Å². The van der Waals surface area contributed by atoms with Gasteiger partial charge in [-0.1, -0.05) is 25.7 Å². The van der Waals surface area contributed by atoms with Crippen LogP contribution in [0.5, 0.6) is 0 Å². The van der Waals surface area contributed by atoms with Gasteiger partial charge in [-0.2, -0.15) is 0 Å². The van der Waals surface area contributed by atoms with Crippen LogP contribution in [0.1, 0.15) is 51.4 Å². The molecule has 0 bridgehead atoms. The van der Waals surface area contributed by atoms with E-state index in [1.165, 1.54) is 64.5 Å². The molecule has 0 aromatic heterocycles. The Hall–Kier alpha value is -0.0800. The minimum absolute atomic E-state index is 0.837. The van der Waals surface area contributed by atoms with Crippen LogP contribution in [-0.4, -0.2) is 26.2 Å². The van der Waals surface area contributed by atoms with Crippen molar-refractivity contribution in [3.63, 3.8) is 0 Å². The highest BCUT2D eigenvalue weighted by Crippen LogP contribution is 2.16. The van der Waals surface area contributed by atoms with Crippen molar-refractivity contribution in [1.29, 1.82) is 0 Å². The highest BCUT2D eigenvalue weighted by atomic mass is 14.9. The fourth-order valence-corrected chi connectivity index (χ4v) is 2.19. The van der Waals surface area contributed by atoms with Gasteiger partial charge in [0.15, 0.2) is 0 Å². The maximum Gasteiger partial charge on any atom is 0.00640 e. The van der Waals surface area contributed by atoms with Gasteiger partial charge in [-0.3, -0.25) is 0 Å². The molecule has 2 N–H and O–H groups in total. The molecule has 2 fully saturated rings. The smallest absolute Gasteiger partial charge is 0.00640 e. The molecule has 0 radical (unpaired) electrons. The summed E-state index contributed by atoms with van der Waals surface area (Å²) in [5.74, 6) is 0. The fourth-order valence-electron chi connectivity index (χ4n) is 2.19. The van der Waals surface area contributed by atoms with E-state index in [1.807, 2.05) is 0 Å². The zero-order valence-electron chi connectivity index (χ0n) is 9.65. The molecule has 84 valence electrons. The molecule has 2 nitrogen and oxygen atoms in total. The Labute approximate surface area is 88.8 Å². The topological polar surface area (TPSA) is 24.1 Å². The van der Waals surface area contributed by atoms with E-state index in [4.69, 9.17) is 0 Å². The van der Waals surface area contributed by atoms with Gasteiger partial charge < -0.3 is 10.6 Å². The first-order valence-corrected chi connectivity index (χ1v) is 6.31. The maximum atomic E-state index is 3.30. The van der Waals surface area contributed by atoms with Crippen molar-refractivity contribution >= 4 is 0 Å². The minimum atomic E-state index is 0.837. The summed E-state index contributed by atoms with van der Waals surface area (Å²) in [6.07, 6.45) is 11.3. The van der Waals surface area contributed by atoms with E-state index < -0.39 is 0 Å². The minimum Gasteiger partial charge on any atom is -0.317 e. The highest BCUT2D eigenvalue weighted by Gasteiger charge is 2.09. The third-order valence-electron chi connectivity index (χ3n) is 3.22. The number of nitrogens with one attached hydrogen (secondary N) is 2. The average molecular weight is 198 g/mol. The van der Waals surface area contributed by atoms with Gasteiger partial charge in [0, 0.05) is 6.04 Å². The SMILES string of the molecule is C1CCNCC1.CNC1CCCCC1. The quantitative estimate of drug-likeness (QED) is 0.675. The van der Waals surface area contributed by atoms with Crippen LogP contribution < -0.4 is 10.6 Å². The van der Waals surface area contributed by atoms with Gasteiger partial charge in [0.2, 0.25) is 0 Å². The largest absolute Gasteiger partial charge is 0.317 e. The molecule has 1 aliphatic carbocycles. The van der Waals surface area contributed by atoms with Crippen LogP contribution in [0, 0.1) is 0 Å². The summed E-state index contributed by atoms with van der Waals surface area (Å²) >= 11 is 0. The molecule has 2 heteroatoms. The molecule has 0 aromatic carbocycles. The molecule has 1 aliphatic heterocycles. The number of rotatable bonds is 1. The Bertz CT molecular complexity index is 104. The third kappa shape index (κ3) is 5.61. The molecule has 0 aromatic rings. The summed E-state index contributed by atoms with van der Waals surface area (Å²) in [5.41, 5.74) is 0. The zero-order chi connectivity index (χ0) is 10.1. The van der Waals surface area contributed by atoms with E-state index in [0.717, 1.165) is 6.04 Å². The van der Waals surface area contributed by atoms with Crippen LogP contribution in [0.25, 0.3) is 0 Å². The molecule has 1 saturated heterocycles. The second-order valence-corrected chi connectivity index (χ2v) is 4.43. The summed E-state index contributed by atoms with van der Waals surface area (Å²) < 4.78 is 0. The summed E-state index contributed by atoms with van der Waals surface area (Å²) in [4.78, 5) is 0. The molecule has 2 aliphatic rings. The van der Waals surface area contributed by atoms with Gasteiger partial charge in [0.05, 0.1) is 0 Å². The predicted octanol–water partition coefficient (Wildman–Crippen LogP) is 2.30. The first-order valence-electron chi connectivity index (χ1n) is 6.31. The van der Waals surface area contributed by atoms with E-state index in [1.54, 1.807) is 0 Å². The second-order valence-electron chi connectivity index (χ2n) is 4.43. The lowest BCUT2D eigenvalue weighted by molar-refractivity contribution is 0.394. The molecular weight excluding hydrogens is 172 g/mol. The van der Waals surface area contributed by atoms with Crippen molar-refractivity contribution in [2.75, 3.05) is 20.1 Å². The molecule has 0 atom stereocenters. The van der Waals surface area contributed by atoms with E-state index in [9.17, 15) is 0 Å². The zero-order valence-corrected chi connectivity index (χ0v) is 9.65. The van der Waals surface area contributed by atoms with Gasteiger partial charge in [-0.05, 0) is 45.8 Å². The monoisotopic (exact) mass is 198 g/mol. The number of hydrogen-bond donors (Lipinski definition) is 2. The first kappa shape index (κ1) is 12.0. The second kappa shape index (κ2) is 8.25. The molecule has 0 spiro atoms. The van der Waals surface area contributed by atoms with Crippen molar-refractivity contribution < 1.29 is 0 Å². The van der Waals surface area contributed by atoms with Gasteiger partial charge in [0.1, 0.15) is 0 Å². The van der Waals surface area contributed by atoms with E-state index >= 15 is 0 Å². The molecule has 0 amide bonds.